The number of carbonyl (C=O) groups is 1. The Morgan fingerprint density at radius 1 is 1.12 bits per heavy atom. The molecule has 1 atom stereocenters. The number of nitrogens with one attached hydrogen (secondary N) is 1. The van der Waals surface area contributed by atoms with Gasteiger partial charge < -0.3 is 10.2 Å². The molecule has 1 unspecified atom stereocenters. The molecule has 6 nitrogen and oxygen atoms in total. The molecule has 7 heteroatoms. The Labute approximate surface area is 150 Å². The van der Waals surface area contributed by atoms with Crippen molar-refractivity contribution >= 4 is 15.7 Å². The summed E-state index contributed by atoms with van der Waals surface area (Å²) in [6, 6.07) is 10.4. The van der Waals surface area contributed by atoms with Gasteiger partial charge in [-0.3, -0.25) is 9.69 Å². The van der Waals surface area contributed by atoms with Gasteiger partial charge in [-0.05, 0) is 12.0 Å². The Balaban J connectivity index is 1.34. The van der Waals surface area contributed by atoms with Gasteiger partial charge in [0, 0.05) is 51.7 Å². The molecule has 1 aromatic rings. The van der Waals surface area contributed by atoms with Crippen molar-refractivity contribution < 1.29 is 13.2 Å². The summed E-state index contributed by atoms with van der Waals surface area (Å²) in [5.74, 6) is 0.633. The van der Waals surface area contributed by atoms with Crippen molar-refractivity contribution in [2.75, 3.05) is 44.2 Å². The maximum absolute atomic E-state index is 12.3. The first-order valence-electron chi connectivity index (χ1n) is 9.00. The summed E-state index contributed by atoms with van der Waals surface area (Å²) in [4.78, 5) is 16.6. The van der Waals surface area contributed by atoms with Gasteiger partial charge in [0.25, 0.3) is 0 Å². The molecule has 138 valence electrons. The molecule has 3 rings (SSSR count). The van der Waals surface area contributed by atoms with Crippen molar-refractivity contribution in [1.29, 1.82) is 0 Å². The van der Waals surface area contributed by atoms with E-state index in [9.17, 15) is 13.2 Å². The molecular formula is C18H27N3O3S. The van der Waals surface area contributed by atoms with Crippen molar-refractivity contribution in [2.24, 2.45) is 0 Å². The number of rotatable bonds is 6. The smallest absolute Gasteiger partial charge is 0.223 e. The second-order valence-electron chi connectivity index (χ2n) is 6.95. The maximum atomic E-state index is 12.3. The molecule has 0 saturated carbocycles. The molecule has 0 aliphatic carbocycles. The van der Waals surface area contributed by atoms with Crippen LogP contribution in [0.2, 0.25) is 0 Å². The van der Waals surface area contributed by atoms with E-state index in [4.69, 9.17) is 0 Å². The number of amides is 1. The standard InChI is InChI=1S/C18H27N3O3S/c22-18(6-8-19-17-7-13-25(23,24)15-17)21-11-9-20(10-12-21)14-16-4-2-1-3-5-16/h1-5,17,19H,6-15H2. The molecule has 0 spiro atoms. The van der Waals surface area contributed by atoms with Gasteiger partial charge in [0.1, 0.15) is 0 Å². The van der Waals surface area contributed by atoms with Crippen LogP contribution in [0.1, 0.15) is 18.4 Å². The van der Waals surface area contributed by atoms with E-state index >= 15 is 0 Å². The third-order valence-electron chi connectivity index (χ3n) is 4.98. The minimum absolute atomic E-state index is 0.0144. The Morgan fingerprint density at radius 3 is 2.48 bits per heavy atom. The van der Waals surface area contributed by atoms with E-state index in [2.05, 4.69) is 34.5 Å². The molecule has 2 fully saturated rings. The molecule has 2 saturated heterocycles. The van der Waals surface area contributed by atoms with Crippen molar-refractivity contribution in [1.82, 2.24) is 15.1 Å². The fourth-order valence-corrected chi connectivity index (χ4v) is 5.20. The Hall–Kier alpha value is -1.44. The van der Waals surface area contributed by atoms with Crippen LogP contribution in [0.15, 0.2) is 30.3 Å². The first kappa shape index (κ1) is 18.4. The number of carbonyl (C=O) groups excluding carboxylic acids is 1. The van der Waals surface area contributed by atoms with E-state index < -0.39 is 9.84 Å². The topological polar surface area (TPSA) is 69.7 Å². The second kappa shape index (κ2) is 8.29. The number of hydrogen-bond donors (Lipinski definition) is 1. The normalized spacial score (nSPS) is 23.7. The van der Waals surface area contributed by atoms with Crippen LogP contribution in [-0.2, 0) is 21.2 Å². The molecule has 0 aromatic heterocycles. The number of nitrogens with zero attached hydrogens (tertiary/aromatic N) is 2. The number of hydrogen-bond acceptors (Lipinski definition) is 5. The van der Waals surface area contributed by atoms with Crippen LogP contribution < -0.4 is 5.32 Å². The van der Waals surface area contributed by atoms with Crippen LogP contribution in [0, 0.1) is 0 Å². The first-order chi connectivity index (χ1) is 12.0. The second-order valence-corrected chi connectivity index (χ2v) is 9.18. The molecule has 0 radical (unpaired) electrons. The fraction of sp³-hybridized carbons (Fsp3) is 0.611. The zero-order valence-corrected chi connectivity index (χ0v) is 15.4. The average Bonchev–Trinajstić information content (AvgIpc) is 2.95. The largest absolute Gasteiger partial charge is 0.340 e. The summed E-state index contributed by atoms with van der Waals surface area (Å²) in [5, 5.41) is 3.21. The summed E-state index contributed by atoms with van der Waals surface area (Å²) >= 11 is 0. The number of piperazine rings is 1. The summed E-state index contributed by atoms with van der Waals surface area (Å²) < 4.78 is 22.9. The van der Waals surface area contributed by atoms with Gasteiger partial charge >= 0.3 is 0 Å². The lowest BCUT2D eigenvalue weighted by atomic mass is 10.2. The Kier molecular flexibility index (Phi) is 6.09. The van der Waals surface area contributed by atoms with Crippen molar-refractivity contribution in [3.05, 3.63) is 35.9 Å². The van der Waals surface area contributed by atoms with Gasteiger partial charge in [-0.2, -0.15) is 0 Å². The molecule has 1 aromatic carbocycles. The van der Waals surface area contributed by atoms with E-state index in [1.165, 1.54) is 5.56 Å². The average molecular weight is 365 g/mol. The van der Waals surface area contributed by atoms with Crippen LogP contribution in [0.5, 0.6) is 0 Å². The van der Waals surface area contributed by atoms with Crippen LogP contribution in [0.3, 0.4) is 0 Å². The Morgan fingerprint density at radius 2 is 1.84 bits per heavy atom. The van der Waals surface area contributed by atoms with E-state index in [0.717, 1.165) is 32.7 Å². The minimum atomic E-state index is -2.86. The van der Waals surface area contributed by atoms with E-state index in [1.54, 1.807) is 0 Å². The zero-order chi connectivity index (χ0) is 17.7. The van der Waals surface area contributed by atoms with Crippen LogP contribution >= 0.6 is 0 Å². The van der Waals surface area contributed by atoms with E-state index in [-0.39, 0.29) is 23.5 Å². The third kappa shape index (κ3) is 5.52. The molecule has 1 amide bonds. The highest BCUT2D eigenvalue weighted by Gasteiger charge is 2.27. The molecule has 0 bridgehead atoms. The highest BCUT2D eigenvalue weighted by atomic mass is 32.2. The lowest BCUT2D eigenvalue weighted by molar-refractivity contribution is -0.132. The molecule has 25 heavy (non-hydrogen) atoms. The lowest BCUT2D eigenvalue weighted by Gasteiger charge is -2.35. The summed E-state index contributed by atoms with van der Waals surface area (Å²) in [5.41, 5.74) is 1.30. The van der Waals surface area contributed by atoms with Crippen LogP contribution in [-0.4, -0.2) is 74.4 Å². The fourth-order valence-electron chi connectivity index (χ4n) is 3.49. The highest BCUT2D eigenvalue weighted by molar-refractivity contribution is 7.91. The number of benzene rings is 1. The molecule has 1 N–H and O–H groups in total. The highest BCUT2D eigenvalue weighted by Crippen LogP contribution is 2.12. The summed E-state index contributed by atoms with van der Waals surface area (Å²) in [6.07, 6.45) is 1.10. The van der Waals surface area contributed by atoms with Gasteiger partial charge in [0.15, 0.2) is 9.84 Å². The quantitative estimate of drug-likeness (QED) is 0.795. The van der Waals surface area contributed by atoms with Gasteiger partial charge in [0.05, 0.1) is 11.5 Å². The van der Waals surface area contributed by atoms with Crippen molar-refractivity contribution in [3.8, 4) is 0 Å². The molecule has 2 aliphatic rings. The maximum Gasteiger partial charge on any atom is 0.223 e. The predicted octanol–water partition coefficient (Wildman–Crippen LogP) is 0.498. The summed E-state index contributed by atoms with van der Waals surface area (Å²) in [7, 11) is -2.86. The molecule has 2 aliphatic heterocycles. The van der Waals surface area contributed by atoms with E-state index in [1.807, 2.05) is 11.0 Å². The first-order valence-corrected chi connectivity index (χ1v) is 10.8. The monoisotopic (exact) mass is 365 g/mol. The molecule has 2 heterocycles. The minimum Gasteiger partial charge on any atom is -0.340 e. The van der Waals surface area contributed by atoms with Gasteiger partial charge in [-0.15, -0.1) is 0 Å². The summed E-state index contributed by atoms with van der Waals surface area (Å²) in [6.45, 7) is 4.82. The SMILES string of the molecule is O=C(CCNC1CCS(=O)(=O)C1)N1CCN(Cc2ccccc2)CC1. The number of sulfone groups is 1. The van der Waals surface area contributed by atoms with Crippen molar-refractivity contribution in [3.63, 3.8) is 0 Å². The van der Waals surface area contributed by atoms with Crippen LogP contribution in [0.4, 0.5) is 0 Å². The van der Waals surface area contributed by atoms with Gasteiger partial charge in [0.2, 0.25) is 5.91 Å². The van der Waals surface area contributed by atoms with Gasteiger partial charge in [-0.25, -0.2) is 8.42 Å². The van der Waals surface area contributed by atoms with Gasteiger partial charge in [-0.1, -0.05) is 30.3 Å². The molecular weight excluding hydrogens is 338 g/mol. The van der Waals surface area contributed by atoms with E-state index in [0.29, 0.717) is 19.4 Å². The Bertz CT molecular complexity index is 670. The van der Waals surface area contributed by atoms with Crippen LogP contribution in [0.25, 0.3) is 0 Å². The predicted molar refractivity (Wildman–Crippen MR) is 98.0 cm³/mol. The van der Waals surface area contributed by atoms with Crippen molar-refractivity contribution in [2.45, 2.75) is 25.4 Å². The third-order valence-corrected chi connectivity index (χ3v) is 6.75. The zero-order valence-electron chi connectivity index (χ0n) is 14.6. The lowest BCUT2D eigenvalue weighted by Crippen LogP contribution is -2.48.